The summed E-state index contributed by atoms with van der Waals surface area (Å²) in [5, 5.41) is 8.96. The van der Waals surface area contributed by atoms with Crippen molar-refractivity contribution in [3.8, 4) is 5.75 Å². The number of ketones is 1. The van der Waals surface area contributed by atoms with E-state index in [1.165, 1.54) is 24.3 Å². The molecule has 1 aliphatic heterocycles. The van der Waals surface area contributed by atoms with Crippen molar-refractivity contribution in [2.45, 2.75) is 6.29 Å². The molecule has 80 valence electrons. The predicted molar refractivity (Wildman–Crippen MR) is 47.3 cm³/mol. The minimum atomic E-state index is -3.96. The van der Waals surface area contributed by atoms with Crippen LogP contribution < -0.4 is 0 Å². The Morgan fingerprint density at radius 3 is 2.20 bits per heavy atom. The molecule has 1 saturated heterocycles. The smallest absolute Gasteiger partial charge is 0.405 e. The van der Waals surface area contributed by atoms with E-state index in [0.29, 0.717) is 0 Å². The fourth-order valence-corrected chi connectivity index (χ4v) is 1.69. The van der Waals surface area contributed by atoms with E-state index >= 15 is 0 Å². The lowest BCUT2D eigenvalue weighted by Crippen LogP contribution is -2.42. The van der Waals surface area contributed by atoms with Gasteiger partial charge in [0.15, 0.2) is 0 Å². The molecule has 2 rings (SSSR count). The van der Waals surface area contributed by atoms with Crippen LogP contribution in [0.15, 0.2) is 24.3 Å². The van der Waals surface area contributed by atoms with E-state index in [4.69, 9.17) is 5.11 Å². The molecule has 0 bridgehead atoms. The van der Waals surface area contributed by atoms with Crippen LogP contribution in [0.1, 0.15) is 10.4 Å². The third-order valence-electron chi connectivity index (χ3n) is 1.78. The molecule has 0 amide bonds. The summed E-state index contributed by atoms with van der Waals surface area (Å²) in [6.45, 7) is 0. The number of hydrogen-bond donors (Lipinski definition) is 1. The highest BCUT2D eigenvalue weighted by Gasteiger charge is 2.42. The minimum absolute atomic E-state index is 0.00891. The van der Waals surface area contributed by atoms with Crippen LogP contribution >= 0.6 is 0 Å². The first-order valence-electron chi connectivity index (χ1n) is 3.93. The lowest BCUT2D eigenvalue weighted by molar-refractivity contribution is -0.0538. The lowest BCUT2D eigenvalue weighted by atomic mass is 10.1. The Balaban J connectivity index is 2.13. The first kappa shape index (κ1) is 10.1. The summed E-state index contributed by atoms with van der Waals surface area (Å²) in [4.78, 5) is 11.4. The molecule has 0 radical (unpaired) electrons. The van der Waals surface area contributed by atoms with Crippen molar-refractivity contribution in [1.29, 1.82) is 0 Å². The normalized spacial score (nSPS) is 19.5. The molecule has 1 aromatic carbocycles. The van der Waals surface area contributed by atoms with E-state index in [1.807, 2.05) is 0 Å². The molecule has 0 unspecified atom stereocenters. The van der Waals surface area contributed by atoms with Gasteiger partial charge in [-0.25, -0.2) is 8.37 Å². The average Bonchev–Trinajstić information content (AvgIpc) is 2.14. The number of rotatable bonds is 2. The second kappa shape index (κ2) is 3.30. The molecule has 6 nitrogen and oxygen atoms in total. The molecule has 1 heterocycles. The van der Waals surface area contributed by atoms with Crippen molar-refractivity contribution >= 4 is 16.2 Å². The third-order valence-corrected chi connectivity index (χ3v) is 2.60. The molecule has 0 aromatic heterocycles. The molecule has 0 saturated carbocycles. The van der Waals surface area contributed by atoms with Gasteiger partial charge in [-0.15, -0.1) is 0 Å². The highest BCUT2D eigenvalue weighted by Crippen LogP contribution is 2.22. The maximum atomic E-state index is 11.4. The molecule has 0 spiro atoms. The number of carbonyl (C=O) groups is 1. The topological polar surface area (TPSA) is 89.9 Å². The van der Waals surface area contributed by atoms with Crippen LogP contribution in [0, 0.1) is 0 Å². The van der Waals surface area contributed by atoms with Crippen LogP contribution in [0.2, 0.25) is 0 Å². The van der Waals surface area contributed by atoms with Crippen LogP contribution in [-0.4, -0.2) is 25.6 Å². The summed E-state index contributed by atoms with van der Waals surface area (Å²) in [7, 11) is -3.96. The van der Waals surface area contributed by atoms with Crippen molar-refractivity contribution in [3.05, 3.63) is 29.8 Å². The first-order valence-corrected chi connectivity index (χ1v) is 5.26. The van der Waals surface area contributed by atoms with Gasteiger partial charge in [0.05, 0.1) is 0 Å². The quantitative estimate of drug-likeness (QED) is 0.729. The minimum Gasteiger partial charge on any atom is -0.508 e. The Hall–Kier alpha value is -1.44. The largest absolute Gasteiger partial charge is 0.508 e. The molecule has 15 heavy (non-hydrogen) atoms. The van der Waals surface area contributed by atoms with Crippen molar-refractivity contribution in [2.24, 2.45) is 0 Å². The zero-order chi connectivity index (χ0) is 11.1. The van der Waals surface area contributed by atoms with Gasteiger partial charge in [-0.2, -0.15) is 8.42 Å². The number of phenols is 1. The zero-order valence-corrected chi connectivity index (χ0v) is 8.10. The number of carbonyl (C=O) groups excluding carboxylic acids is 1. The Morgan fingerprint density at radius 1 is 1.20 bits per heavy atom. The summed E-state index contributed by atoms with van der Waals surface area (Å²) in [5.41, 5.74) is 0.202. The number of phenolic OH excluding ortho intramolecular Hbond substituents is 1. The molecule has 0 aliphatic carbocycles. The van der Waals surface area contributed by atoms with Crippen LogP contribution in [0.3, 0.4) is 0 Å². The number of aromatic hydroxyl groups is 1. The van der Waals surface area contributed by atoms with Gasteiger partial charge in [-0.05, 0) is 24.3 Å². The first-order chi connectivity index (χ1) is 6.98. The van der Waals surface area contributed by atoms with Crippen molar-refractivity contribution in [3.63, 3.8) is 0 Å². The van der Waals surface area contributed by atoms with E-state index in [1.54, 1.807) is 0 Å². The zero-order valence-electron chi connectivity index (χ0n) is 7.28. The predicted octanol–water partition coefficient (Wildman–Crippen LogP) is 0.193. The summed E-state index contributed by atoms with van der Waals surface area (Å²) in [6, 6.07) is 5.30. The van der Waals surface area contributed by atoms with Gasteiger partial charge in [-0.1, -0.05) is 0 Å². The van der Waals surface area contributed by atoms with E-state index in [-0.39, 0.29) is 11.3 Å². The maximum absolute atomic E-state index is 11.4. The van der Waals surface area contributed by atoms with E-state index in [2.05, 4.69) is 8.37 Å². The van der Waals surface area contributed by atoms with Crippen LogP contribution in [0.25, 0.3) is 0 Å². The summed E-state index contributed by atoms with van der Waals surface area (Å²) >= 11 is 0. The third kappa shape index (κ3) is 1.99. The summed E-state index contributed by atoms with van der Waals surface area (Å²) < 4.78 is 29.3. The summed E-state index contributed by atoms with van der Waals surface area (Å²) in [5.74, 6) is -0.598. The molecular weight excluding hydrogens is 224 g/mol. The van der Waals surface area contributed by atoms with Crippen molar-refractivity contribution in [2.75, 3.05) is 0 Å². The fourth-order valence-electron chi connectivity index (χ4n) is 1.07. The Morgan fingerprint density at radius 2 is 1.73 bits per heavy atom. The lowest BCUT2D eigenvalue weighted by Gasteiger charge is -2.23. The molecule has 7 heteroatoms. The SMILES string of the molecule is O=C(c1ccc(O)cc1)C1OS(=O)(=O)O1. The highest BCUT2D eigenvalue weighted by atomic mass is 32.3. The van der Waals surface area contributed by atoms with E-state index in [0.717, 1.165) is 0 Å². The van der Waals surface area contributed by atoms with Crippen LogP contribution in [0.5, 0.6) is 5.75 Å². The van der Waals surface area contributed by atoms with Gasteiger partial charge < -0.3 is 5.11 Å². The van der Waals surface area contributed by atoms with Crippen LogP contribution in [0.4, 0.5) is 0 Å². The Bertz CT molecular complexity index is 476. The second-order valence-corrected chi connectivity index (χ2v) is 4.05. The molecular formula is C8H6O6S. The fraction of sp³-hybridized carbons (Fsp3) is 0.125. The molecule has 1 aliphatic rings. The Kier molecular flexibility index (Phi) is 2.22. The molecule has 1 fully saturated rings. The number of benzene rings is 1. The highest BCUT2D eigenvalue weighted by molar-refractivity contribution is 7.82. The van der Waals surface area contributed by atoms with Gasteiger partial charge >= 0.3 is 10.4 Å². The number of Topliss-reactive ketones (excluding diaryl/α,β-unsaturated/α-hetero) is 1. The molecule has 1 aromatic rings. The standard InChI is InChI=1S/C8H6O6S/c9-6-3-1-5(2-4-6)7(10)8-13-15(11,12)14-8/h1-4,8-9H. The van der Waals surface area contributed by atoms with Gasteiger partial charge in [0.1, 0.15) is 5.75 Å². The monoisotopic (exact) mass is 230 g/mol. The van der Waals surface area contributed by atoms with Gasteiger partial charge in [0, 0.05) is 5.56 Å². The van der Waals surface area contributed by atoms with Crippen LogP contribution in [-0.2, 0) is 18.8 Å². The van der Waals surface area contributed by atoms with Crippen molar-refractivity contribution < 1.29 is 26.7 Å². The Labute approximate surface area is 85.4 Å². The van der Waals surface area contributed by atoms with E-state index in [9.17, 15) is 13.2 Å². The number of hydrogen-bond acceptors (Lipinski definition) is 6. The van der Waals surface area contributed by atoms with Gasteiger partial charge in [0.25, 0.3) is 6.29 Å². The van der Waals surface area contributed by atoms with Crippen molar-refractivity contribution in [1.82, 2.24) is 0 Å². The molecule has 1 N–H and O–H groups in total. The second-order valence-electron chi connectivity index (χ2n) is 2.84. The maximum Gasteiger partial charge on any atom is 0.405 e. The summed E-state index contributed by atoms with van der Waals surface area (Å²) in [6.07, 6.45) is -1.40. The molecule has 0 atom stereocenters. The average molecular weight is 230 g/mol. The van der Waals surface area contributed by atoms with E-state index < -0.39 is 22.5 Å². The van der Waals surface area contributed by atoms with Gasteiger partial charge in [-0.3, -0.25) is 4.79 Å². The van der Waals surface area contributed by atoms with Gasteiger partial charge in [0.2, 0.25) is 5.78 Å².